The van der Waals surface area contributed by atoms with E-state index < -0.39 is 40.8 Å². The van der Waals surface area contributed by atoms with Crippen LogP contribution in [0.15, 0.2) is 24.3 Å². The van der Waals surface area contributed by atoms with Gasteiger partial charge < -0.3 is 0 Å². The summed E-state index contributed by atoms with van der Waals surface area (Å²) < 4.78 is 79.6. The lowest BCUT2D eigenvalue weighted by atomic mass is 9.82. The average Bonchev–Trinajstić information content (AvgIpc) is 2.41. The molecule has 0 unspecified atom stereocenters. The fourth-order valence-corrected chi connectivity index (χ4v) is 2.47. The molecule has 0 radical (unpaired) electrons. The Morgan fingerprint density at radius 3 is 1.09 bits per heavy atom. The Bertz CT molecular complexity index is 604. The smallest absolute Gasteiger partial charge is 0.194 e. The molecule has 0 heterocycles. The van der Waals surface area contributed by atoms with Crippen molar-refractivity contribution in [3.05, 3.63) is 70.3 Å². The minimum atomic E-state index is -1.62. The van der Waals surface area contributed by atoms with E-state index in [0.29, 0.717) is 0 Å². The van der Waals surface area contributed by atoms with Crippen molar-refractivity contribution >= 4 is 0 Å². The standard InChI is InChI=1S/C16H12F6/c1-7(2)14(8-3-10(17)15(21)11(18)4-8)9-5-12(19)16(22)13(20)6-9/h3-7,14H,1-2H3. The second-order valence-corrected chi connectivity index (χ2v) is 5.32. The fraction of sp³-hybridized carbons (Fsp3) is 0.250. The van der Waals surface area contributed by atoms with Gasteiger partial charge in [-0.2, -0.15) is 0 Å². The number of hydrogen-bond donors (Lipinski definition) is 0. The highest BCUT2D eigenvalue weighted by atomic mass is 19.2. The molecule has 2 rings (SSSR count). The van der Waals surface area contributed by atoms with Crippen molar-refractivity contribution in [2.75, 3.05) is 0 Å². The van der Waals surface area contributed by atoms with E-state index in [1.165, 1.54) is 0 Å². The molecule has 0 amide bonds. The number of halogens is 6. The first-order valence-electron chi connectivity index (χ1n) is 6.51. The summed E-state index contributed by atoms with van der Waals surface area (Å²) in [6, 6.07) is 3.06. The lowest BCUT2D eigenvalue weighted by molar-refractivity contribution is 0.435. The highest BCUT2D eigenvalue weighted by molar-refractivity contribution is 5.35. The Labute approximate surface area is 123 Å². The van der Waals surface area contributed by atoms with Gasteiger partial charge in [-0.1, -0.05) is 13.8 Å². The first-order valence-corrected chi connectivity index (χ1v) is 6.51. The monoisotopic (exact) mass is 318 g/mol. The van der Waals surface area contributed by atoms with Crippen LogP contribution >= 0.6 is 0 Å². The predicted molar refractivity (Wildman–Crippen MR) is 69.3 cm³/mol. The van der Waals surface area contributed by atoms with E-state index in [9.17, 15) is 26.3 Å². The molecule has 0 aliphatic rings. The van der Waals surface area contributed by atoms with E-state index >= 15 is 0 Å². The molecule has 22 heavy (non-hydrogen) atoms. The van der Waals surface area contributed by atoms with E-state index in [1.54, 1.807) is 13.8 Å². The molecule has 2 aromatic carbocycles. The molecule has 0 aliphatic heterocycles. The van der Waals surface area contributed by atoms with Gasteiger partial charge in [0, 0.05) is 5.92 Å². The normalized spacial score (nSPS) is 11.5. The number of benzene rings is 2. The molecule has 0 nitrogen and oxygen atoms in total. The molecule has 2 aromatic rings. The summed E-state index contributed by atoms with van der Waals surface area (Å²) in [5.41, 5.74) is 0.0219. The first-order chi connectivity index (χ1) is 10.2. The largest absolute Gasteiger partial charge is 0.204 e. The van der Waals surface area contributed by atoms with Gasteiger partial charge in [-0.05, 0) is 41.3 Å². The zero-order valence-corrected chi connectivity index (χ0v) is 11.7. The van der Waals surface area contributed by atoms with Crippen LogP contribution < -0.4 is 0 Å². The summed E-state index contributed by atoms with van der Waals surface area (Å²) in [7, 11) is 0. The maximum Gasteiger partial charge on any atom is 0.194 e. The van der Waals surface area contributed by atoms with Crippen LogP contribution in [0.4, 0.5) is 26.3 Å². The van der Waals surface area contributed by atoms with E-state index in [2.05, 4.69) is 0 Å². The Balaban J connectivity index is 2.61. The van der Waals surface area contributed by atoms with E-state index in [0.717, 1.165) is 24.3 Å². The van der Waals surface area contributed by atoms with Crippen molar-refractivity contribution < 1.29 is 26.3 Å². The van der Waals surface area contributed by atoms with E-state index in [-0.39, 0.29) is 17.0 Å². The minimum Gasteiger partial charge on any atom is -0.204 e. The van der Waals surface area contributed by atoms with Crippen molar-refractivity contribution in [2.24, 2.45) is 5.92 Å². The topological polar surface area (TPSA) is 0 Å². The Kier molecular flexibility index (Phi) is 4.49. The summed E-state index contributed by atoms with van der Waals surface area (Å²) in [6.07, 6.45) is 0. The highest BCUT2D eigenvalue weighted by Gasteiger charge is 2.24. The van der Waals surface area contributed by atoms with E-state index in [1.807, 2.05) is 0 Å². The summed E-state index contributed by atoms with van der Waals surface area (Å²) in [5.74, 6) is -9.99. The van der Waals surface area contributed by atoms with Gasteiger partial charge in [-0.25, -0.2) is 26.3 Å². The Morgan fingerprint density at radius 1 is 0.591 bits per heavy atom. The van der Waals surface area contributed by atoms with Crippen LogP contribution in [0.25, 0.3) is 0 Å². The molecule has 0 atom stereocenters. The lowest BCUT2D eigenvalue weighted by Gasteiger charge is -2.22. The summed E-state index contributed by atoms with van der Waals surface area (Å²) in [5, 5.41) is 0. The highest BCUT2D eigenvalue weighted by Crippen LogP contribution is 2.34. The molecule has 0 bridgehead atoms. The molecule has 0 saturated heterocycles. The van der Waals surface area contributed by atoms with Gasteiger partial charge in [0.15, 0.2) is 34.9 Å². The maximum atomic E-state index is 13.4. The zero-order valence-electron chi connectivity index (χ0n) is 11.7. The Morgan fingerprint density at radius 2 is 0.864 bits per heavy atom. The quantitative estimate of drug-likeness (QED) is 0.531. The molecule has 0 aromatic heterocycles. The van der Waals surface area contributed by atoms with Crippen molar-refractivity contribution in [2.45, 2.75) is 19.8 Å². The fourth-order valence-electron chi connectivity index (χ4n) is 2.47. The maximum absolute atomic E-state index is 13.4. The van der Waals surface area contributed by atoms with Crippen LogP contribution in [-0.4, -0.2) is 0 Å². The predicted octanol–water partition coefficient (Wildman–Crippen LogP) is 5.31. The average molecular weight is 318 g/mol. The van der Waals surface area contributed by atoms with Gasteiger partial charge in [-0.3, -0.25) is 0 Å². The van der Waals surface area contributed by atoms with E-state index in [4.69, 9.17) is 0 Å². The van der Waals surface area contributed by atoms with Crippen molar-refractivity contribution in [1.29, 1.82) is 0 Å². The van der Waals surface area contributed by atoms with Gasteiger partial charge in [0.1, 0.15) is 0 Å². The molecule has 0 N–H and O–H groups in total. The molecule has 0 spiro atoms. The third-order valence-corrected chi connectivity index (χ3v) is 3.40. The van der Waals surface area contributed by atoms with Crippen LogP contribution in [0.3, 0.4) is 0 Å². The van der Waals surface area contributed by atoms with Gasteiger partial charge in [-0.15, -0.1) is 0 Å². The summed E-state index contributed by atoms with van der Waals surface area (Å²) in [6.45, 7) is 3.31. The van der Waals surface area contributed by atoms with Crippen LogP contribution in [-0.2, 0) is 0 Å². The molecule has 0 saturated carbocycles. The first kappa shape index (κ1) is 16.4. The molecule has 0 fully saturated rings. The van der Waals surface area contributed by atoms with Crippen molar-refractivity contribution in [1.82, 2.24) is 0 Å². The second kappa shape index (κ2) is 6.02. The molecular weight excluding hydrogens is 306 g/mol. The van der Waals surface area contributed by atoms with Gasteiger partial charge >= 0.3 is 0 Å². The molecule has 6 heteroatoms. The second-order valence-electron chi connectivity index (χ2n) is 5.32. The van der Waals surface area contributed by atoms with Crippen LogP contribution in [0.5, 0.6) is 0 Å². The molecule has 0 aliphatic carbocycles. The van der Waals surface area contributed by atoms with Crippen LogP contribution in [0.1, 0.15) is 30.9 Å². The molecule has 118 valence electrons. The molecular formula is C16H12F6. The van der Waals surface area contributed by atoms with Gasteiger partial charge in [0.25, 0.3) is 0 Å². The summed E-state index contributed by atoms with van der Waals surface area (Å²) >= 11 is 0. The van der Waals surface area contributed by atoms with Crippen molar-refractivity contribution in [3.8, 4) is 0 Å². The lowest BCUT2D eigenvalue weighted by Crippen LogP contribution is -2.12. The van der Waals surface area contributed by atoms with Crippen LogP contribution in [0, 0.1) is 40.8 Å². The zero-order chi connectivity index (χ0) is 16.6. The van der Waals surface area contributed by atoms with Crippen molar-refractivity contribution in [3.63, 3.8) is 0 Å². The summed E-state index contributed by atoms with van der Waals surface area (Å²) in [4.78, 5) is 0. The van der Waals surface area contributed by atoms with Gasteiger partial charge in [0.05, 0.1) is 0 Å². The van der Waals surface area contributed by atoms with Crippen LogP contribution in [0.2, 0.25) is 0 Å². The van der Waals surface area contributed by atoms with Gasteiger partial charge in [0.2, 0.25) is 0 Å². The third-order valence-electron chi connectivity index (χ3n) is 3.40. The SMILES string of the molecule is CC(C)C(c1cc(F)c(F)c(F)c1)c1cc(F)c(F)c(F)c1. The number of hydrogen-bond acceptors (Lipinski definition) is 0. The number of rotatable bonds is 3. The third kappa shape index (κ3) is 2.96. The Hall–Kier alpha value is -1.98. The minimum absolute atomic E-state index is 0.0109.